The molecule has 1 heterocycles. The van der Waals surface area contributed by atoms with Gasteiger partial charge in [0.2, 0.25) is 5.91 Å². The Bertz CT molecular complexity index is 396. The molecule has 19 heavy (non-hydrogen) atoms. The summed E-state index contributed by atoms with van der Waals surface area (Å²) in [5.41, 5.74) is 1.04. The normalized spacial score (nSPS) is 22.4. The van der Waals surface area contributed by atoms with Crippen LogP contribution in [-0.2, 0) is 11.2 Å². The maximum atomic E-state index is 12.2. The standard InChI is InChI=1S/C16H24N2O/c1-2-16(11-7-13-18-16)15(19)17-12-6-10-14-8-4-3-5-9-14/h3-5,8-9,18H,2,6-7,10-13H2,1H3,(H,17,19). The quantitative estimate of drug-likeness (QED) is 0.770. The Labute approximate surface area is 115 Å². The molecule has 1 aliphatic rings. The van der Waals surface area contributed by atoms with Crippen LogP contribution >= 0.6 is 0 Å². The summed E-state index contributed by atoms with van der Waals surface area (Å²) in [7, 11) is 0. The van der Waals surface area contributed by atoms with Gasteiger partial charge in [0.15, 0.2) is 0 Å². The Balaban J connectivity index is 1.72. The van der Waals surface area contributed by atoms with Gasteiger partial charge >= 0.3 is 0 Å². The molecule has 0 aromatic heterocycles. The highest BCUT2D eigenvalue weighted by Gasteiger charge is 2.38. The highest BCUT2D eigenvalue weighted by molar-refractivity contribution is 5.86. The van der Waals surface area contributed by atoms with Crippen molar-refractivity contribution in [3.63, 3.8) is 0 Å². The van der Waals surface area contributed by atoms with Gasteiger partial charge < -0.3 is 10.6 Å². The molecule has 1 aliphatic heterocycles. The molecule has 3 heteroatoms. The molecule has 1 amide bonds. The largest absolute Gasteiger partial charge is 0.354 e. The topological polar surface area (TPSA) is 41.1 Å². The third-order valence-electron chi connectivity index (χ3n) is 4.05. The third kappa shape index (κ3) is 3.57. The number of rotatable bonds is 6. The van der Waals surface area contributed by atoms with Crippen LogP contribution in [0.3, 0.4) is 0 Å². The number of nitrogens with one attached hydrogen (secondary N) is 2. The summed E-state index contributed by atoms with van der Waals surface area (Å²) in [4.78, 5) is 12.2. The molecule has 1 atom stereocenters. The van der Waals surface area contributed by atoms with Crippen LogP contribution in [0.5, 0.6) is 0 Å². The average Bonchev–Trinajstić information content (AvgIpc) is 2.94. The van der Waals surface area contributed by atoms with Gasteiger partial charge in [-0.15, -0.1) is 0 Å². The lowest BCUT2D eigenvalue weighted by Crippen LogP contribution is -2.53. The van der Waals surface area contributed by atoms with Crippen LogP contribution in [0.25, 0.3) is 0 Å². The van der Waals surface area contributed by atoms with Crippen molar-refractivity contribution in [2.24, 2.45) is 0 Å². The predicted molar refractivity (Wildman–Crippen MR) is 78.0 cm³/mol. The van der Waals surface area contributed by atoms with E-state index in [1.54, 1.807) is 0 Å². The lowest BCUT2D eigenvalue weighted by atomic mass is 9.93. The van der Waals surface area contributed by atoms with Crippen LogP contribution in [0.1, 0.15) is 38.2 Å². The second kappa shape index (κ2) is 6.71. The number of aryl methyl sites for hydroxylation is 1. The Kier molecular flexibility index (Phi) is 4.97. The highest BCUT2D eigenvalue weighted by Crippen LogP contribution is 2.22. The Morgan fingerprint density at radius 2 is 2.16 bits per heavy atom. The summed E-state index contributed by atoms with van der Waals surface area (Å²) < 4.78 is 0. The third-order valence-corrected chi connectivity index (χ3v) is 4.05. The molecule has 2 N–H and O–H groups in total. The van der Waals surface area contributed by atoms with Gasteiger partial charge in [-0.25, -0.2) is 0 Å². The summed E-state index contributed by atoms with van der Waals surface area (Å²) in [6.45, 7) is 3.81. The Morgan fingerprint density at radius 3 is 2.79 bits per heavy atom. The number of hydrogen-bond donors (Lipinski definition) is 2. The van der Waals surface area contributed by atoms with Crippen molar-refractivity contribution in [2.45, 2.75) is 44.6 Å². The van der Waals surface area contributed by atoms with Crippen LogP contribution in [0, 0.1) is 0 Å². The summed E-state index contributed by atoms with van der Waals surface area (Å²) in [6.07, 6.45) is 4.96. The fraction of sp³-hybridized carbons (Fsp3) is 0.562. The first kappa shape index (κ1) is 14.1. The molecule has 2 rings (SSSR count). The van der Waals surface area contributed by atoms with Gasteiger partial charge in [0.1, 0.15) is 0 Å². The minimum absolute atomic E-state index is 0.181. The van der Waals surface area contributed by atoms with Crippen LogP contribution < -0.4 is 10.6 Å². The summed E-state index contributed by atoms with van der Waals surface area (Å²) in [6, 6.07) is 10.4. The van der Waals surface area contributed by atoms with Crippen molar-refractivity contribution in [3.05, 3.63) is 35.9 Å². The van der Waals surface area contributed by atoms with Gasteiger partial charge in [-0.2, -0.15) is 0 Å². The number of carbonyl (C=O) groups is 1. The van der Waals surface area contributed by atoms with Gasteiger partial charge in [-0.1, -0.05) is 37.3 Å². The first-order chi connectivity index (χ1) is 9.27. The van der Waals surface area contributed by atoms with Gasteiger partial charge in [-0.3, -0.25) is 4.79 Å². The number of amides is 1. The van der Waals surface area contributed by atoms with Gasteiger partial charge in [-0.05, 0) is 44.2 Å². The first-order valence-electron chi connectivity index (χ1n) is 7.34. The van der Waals surface area contributed by atoms with E-state index in [0.29, 0.717) is 0 Å². The molecule has 1 fully saturated rings. The van der Waals surface area contributed by atoms with E-state index in [9.17, 15) is 4.79 Å². The van der Waals surface area contributed by atoms with Crippen molar-refractivity contribution in [1.29, 1.82) is 0 Å². The molecule has 3 nitrogen and oxygen atoms in total. The smallest absolute Gasteiger partial charge is 0.240 e. The van der Waals surface area contributed by atoms with Gasteiger partial charge in [0.25, 0.3) is 0 Å². The van der Waals surface area contributed by atoms with Crippen molar-refractivity contribution in [3.8, 4) is 0 Å². The highest BCUT2D eigenvalue weighted by atomic mass is 16.2. The maximum absolute atomic E-state index is 12.2. The van der Waals surface area contributed by atoms with Gasteiger partial charge in [0, 0.05) is 6.54 Å². The van der Waals surface area contributed by atoms with Crippen molar-refractivity contribution in [2.75, 3.05) is 13.1 Å². The minimum Gasteiger partial charge on any atom is -0.354 e. The molecule has 0 spiro atoms. The monoisotopic (exact) mass is 260 g/mol. The van der Waals surface area contributed by atoms with Crippen LogP contribution in [-0.4, -0.2) is 24.5 Å². The van der Waals surface area contributed by atoms with E-state index in [0.717, 1.165) is 45.2 Å². The zero-order valence-electron chi connectivity index (χ0n) is 11.7. The zero-order valence-corrected chi connectivity index (χ0v) is 11.7. The number of benzene rings is 1. The second-order valence-corrected chi connectivity index (χ2v) is 5.31. The van der Waals surface area contributed by atoms with Gasteiger partial charge in [0.05, 0.1) is 5.54 Å². The van der Waals surface area contributed by atoms with E-state index in [4.69, 9.17) is 0 Å². The Hall–Kier alpha value is -1.35. The molecule has 1 saturated heterocycles. The molecule has 0 saturated carbocycles. The molecule has 104 valence electrons. The van der Waals surface area contributed by atoms with E-state index < -0.39 is 0 Å². The van der Waals surface area contributed by atoms with E-state index >= 15 is 0 Å². The Morgan fingerprint density at radius 1 is 1.37 bits per heavy atom. The van der Waals surface area contributed by atoms with E-state index in [1.165, 1.54) is 5.56 Å². The van der Waals surface area contributed by atoms with Crippen molar-refractivity contribution < 1.29 is 4.79 Å². The summed E-state index contributed by atoms with van der Waals surface area (Å²) in [5.74, 6) is 0.181. The van der Waals surface area contributed by atoms with Crippen LogP contribution in [0.4, 0.5) is 0 Å². The molecule has 0 bridgehead atoms. The van der Waals surface area contributed by atoms with E-state index in [2.05, 4.69) is 41.8 Å². The van der Waals surface area contributed by atoms with Crippen molar-refractivity contribution >= 4 is 5.91 Å². The fourth-order valence-corrected chi connectivity index (χ4v) is 2.77. The molecule has 1 aromatic rings. The number of carbonyl (C=O) groups excluding carboxylic acids is 1. The molecule has 1 unspecified atom stereocenters. The van der Waals surface area contributed by atoms with Crippen LogP contribution in [0.2, 0.25) is 0 Å². The van der Waals surface area contributed by atoms with E-state index in [1.807, 2.05) is 6.07 Å². The van der Waals surface area contributed by atoms with Crippen LogP contribution in [0.15, 0.2) is 30.3 Å². The second-order valence-electron chi connectivity index (χ2n) is 5.31. The molecule has 0 radical (unpaired) electrons. The molecular weight excluding hydrogens is 236 g/mol. The van der Waals surface area contributed by atoms with E-state index in [-0.39, 0.29) is 11.4 Å². The fourth-order valence-electron chi connectivity index (χ4n) is 2.77. The summed E-state index contributed by atoms with van der Waals surface area (Å²) in [5, 5.41) is 6.45. The lowest BCUT2D eigenvalue weighted by Gasteiger charge is -2.26. The number of hydrogen-bond acceptors (Lipinski definition) is 2. The lowest BCUT2D eigenvalue weighted by molar-refractivity contribution is -0.127. The zero-order chi connectivity index (χ0) is 13.6. The summed E-state index contributed by atoms with van der Waals surface area (Å²) >= 11 is 0. The predicted octanol–water partition coefficient (Wildman–Crippen LogP) is 2.27. The van der Waals surface area contributed by atoms with Crippen molar-refractivity contribution in [1.82, 2.24) is 10.6 Å². The SMILES string of the molecule is CCC1(C(=O)NCCCc2ccccc2)CCCN1. The molecule has 0 aliphatic carbocycles. The minimum atomic E-state index is -0.299. The molecular formula is C16H24N2O. The maximum Gasteiger partial charge on any atom is 0.240 e. The average molecular weight is 260 g/mol. The molecule has 1 aromatic carbocycles. The first-order valence-corrected chi connectivity index (χ1v) is 7.34.